The van der Waals surface area contributed by atoms with Crippen LogP contribution in [0.2, 0.25) is 19.6 Å². The van der Waals surface area contributed by atoms with E-state index in [2.05, 4.69) is 160 Å². The van der Waals surface area contributed by atoms with E-state index in [0.717, 1.165) is 101 Å². The number of aryl methyl sites for hydroxylation is 3. The molecule has 68 heavy (non-hydrogen) atoms. The van der Waals surface area contributed by atoms with Gasteiger partial charge in [0.05, 0.1) is 36.0 Å². The van der Waals surface area contributed by atoms with Gasteiger partial charge in [0.15, 0.2) is 0 Å². The van der Waals surface area contributed by atoms with Crippen molar-refractivity contribution in [2.24, 2.45) is 5.92 Å². The van der Waals surface area contributed by atoms with Gasteiger partial charge in [0.25, 0.3) is 0 Å². The molecule has 0 unspecified atom stereocenters. The summed E-state index contributed by atoms with van der Waals surface area (Å²) in [6.07, 6.45) is 10.1. The molecule has 10 aromatic rings. The standard InChI is InChI=1S/C36H25N4O.C24H34NSi.Ir/c1-21-20-29-27-13-9-14-28(34(27)41-36(29)38-23(21)3)35-39-30-19-18-25-17-16-22(2)37-32(25)33(30)40(35)31-15-8-7-12-26(31)24-10-5-4-6-11-24;1-18(2)14-22-16-23(25-17-24(22)26(3,4)5)21-13-9-12-20(15-21)19-10-7-6-8-11-19;/h4-13,15-20H,1-3H3;9,12,15-19H,6-8,10-11,14H2,1-5H3;/q2*-1;. The van der Waals surface area contributed by atoms with Gasteiger partial charge in [-0.05, 0) is 98.1 Å². The Kier molecular flexibility index (Phi) is 13.5. The summed E-state index contributed by atoms with van der Waals surface area (Å²) in [6, 6.07) is 49.4. The van der Waals surface area contributed by atoms with Gasteiger partial charge in [-0.3, -0.25) is 9.97 Å². The Bertz CT molecular complexity index is 3430. The first-order chi connectivity index (χ1) is 32.4. The topological polar surface area (TPSA) is 69.6 Å². The summed E-state index contributed by atoms with van der Waals surface area (Å²) < 4.78 is 8.70. The van der Waals surface area contributed by atoms with Crippen LogP contribution in [0.5, 0.6) is 0 Å². The predicted molar refractivity (Wildman–Crippen MR) is 281 cm³/mol. The average molecular weight is 1090 g/mol. The van der Waals surface area contributed by atoms with E-state index in [4.69, 9.17) is 24.4 Å². The Labute approximate surface area is 415 Å². The van der Waals surface area contributed by atoms with E-state index in [1.165, 1.54) is 54.0 Å². The maximum Gasteiger partial charge on any atom is 0.216 e. The van der Waals surface area contributed by atoms with Gasteiger partial charge in [0, 0.05) is 59.7 Å². The van der Waals surface area contributed by atoms with Crippen molar-refractivity contribution in [3.63, 3.8) is 0 Å². The van der Waals surface area contributed by atoms with Crippen molar-refractivity contribution in [1.82, 2.24) is 24.5 Å². The Hall–Kier alpha value is -6.05. The molecule has 0 aliphatic heterocycles. The van der Waals surface area contributed by atoms with Crippen LogP contribution in [0.15, 0.2) is 132 Å². The molecule has 5 aromatic heterocycles. The van der Waals surface area contributed by atoms with Crippen LogP contribution < -0.4 is 5.19 Å². The van der Waals surface area contributed by atoms with Crippen molar-refractivity contribution < 1.29 is 24.5 Å². The molecule has 1 saturated carbocycles. The van der Waals surface area contributed by atoms with E-state index < -0.39 is 8.07 Å². The summed E-state index contributed by atoms with van der Waals surface area (Å²) in [7, 11) is -1.38. The molecule has 0 N–H and O–H groups in total. The molecule has 0 saturated heterocycles. The van der Waals surface area contributed by atoms with Gasteiger partial charge in [-0.25, -0.2) is 4.98 Å². The first kappa shape index (κ1) is 47.0. The fourth-order valence-electron chi connectivity index (χ4n) is 10.0. The quantitative estimate of drug-likeness (QED) is 0.112. The molecule has 0 spiro atoms. The molecule has 6 nitrogen and oxygen atoms in total. The Morgan fingerprint density at radius 1 is 0.765 bits per heavy atom. The number of imidazole rings is 1. The van der Waals surface area contributed by atoms with Crippen molar-refractivity contribution in [2.75, 3.05) is 0 Å². The molecular formula is C60H59IrN5OSi-2. The van der Waals surface area contributed by atoms with Gasteiger partial charge in [-0.15, -0.1) is 53.6 Å². The summed E-state index contributed by atoms with van der Waals surface area (Å²) >= 11 is 0. The number of hydrogen-bond donors (Lipinski definition) is 0. The molecule has 1 aliphatic carbocycles. The molecule has 5 aromatic carbocycles. The van der Waals surface area contributed by atoms with Crippen LogP contribution >= 0.6 is 0 Å². The molecule has 1 aliphatic rings. The minimum Gasteiger partial charge on any atom is -0.486 e. The maximum absolute atomic E-state index is 6.47. The van der Waals surface area contributed by atoms with Gasteiger partial charge < -0.3 is 14.0 Å². The molecule has 1 radical (unpaired) electrons. The van der Waals surface area contributed by atoms with Crippen molar-refractivity contribution in [1.29, 1.82) is 0 Å². The number of fused-ring (bicyclic) bond motifs is 6. The number of nitrogens with zero attached hydrogens (tertiary/aromatic N) is 5. The van der Waals surface area contributed by atoms with Crippen molar-refractivity contribution in [2.45, 2.75) is 98.7 Å². The largest absolute Gasteiger partial charge is 0.486 e. The molecule has 11 rings (SSSR count). The molecular weight excluding hydrogens is 1030 g/mol. The zero-order valence-electron chi connectivity index (χ0n) is 40.5. The smallest absolute Gasteiger partial charge is 0.216 e. The summed E-state index contributed by atoms with van der Waals surface area (Å²) in [5.41, 5.74) is 16.4. The number of rotatable bonds is 8. The Morgan fingerprint density at radius 3 is 2.29 bits per heavy atom. The minimum atomic E-state index is -1.38. The predicted octanol–water partition coefficient (Wildman–Crippen LogP) is 15.3. The fraction of sp³-hybridized carbons (Fsp3) is 0.267. The number of hydrogen-bond acceptors (Lipinski definition) is 5. The maximum atomic E-state index is 6.47. The summed E-state index contributed by atoms with van der Waals surface area (Å²) in [6.45, 7) is 18.0. The van der Waals surface area contributed by atoms with Gasteiger partial charge in [0.2, 0.25) is 5.71 Å². The molecule has 0 bridgehead atoms. The summed E-state index contributed by atoms with van der Waals surface area (Å²) in [5.74, 6) is 2.14. The number of furan rings is 1. The number of aromatic nitrogens is 5. The fourth-order valence-corrected chi connectivity index (χ4v) is 11.6. The monoisotopic (exact) mass is 1090 g/mol. The average Bonchev–Trinajstić information content (AvgIpc) is 3.90. The van der Waals surface area contributed by atoms with Crippen LogP contribution in [0, 0.1) is 38.8 Å². The van der Waals surface area contributed by atoms with Crippen LogP contribution in [-0.4, -0.2) is 32.6 Å². The van der Waals surface area contributed by atoms with Crippen molar-refractivity contribution >= 4 is 57.3 Å². The van der Waals surface area contributed by atoms with E-state index in [1.807, 2.05) is 38.1 Å². The van der Waals surface area contributed by atoms with E-state index in [1.54, 1.807) is 0 Å². The second-order valence-electron chi connectivity index (χ2n) is 20.0. The molecule has 1 fully saturated rings. The van der Waals surface area contributed by atoms with E-state index in [0.29, 0.717) is 11.6 Å². The van der Waals surface area contributed by atoms with E-state index >= 15 is 0 Å². The van der Waals surface area contributed by atoms with Gasteiger partial charge in [0.1, 0.15) is 0 Å². The van der Waals surface area contributed by atoms with Crippen molar-refractivity contribution in [3.05, 3.63) is 168 Å². The second kappa shape index (κ2) is 19.5. The van der Waals surface area contributed by atoms with E-state index in [-0.39, 0.29) is 20.1 Å². The third kappa shape index (κ3) is 9.26. The third-order valence-corrected chi connectivity index (χ3v) is 15.6. The van der Waals surface area contributed by atoms with Crippen molar-refractivity contribution in [3.8, 4) is 39.5 Å². The van der Waals surface area contributed by atoms with Gasteiger partial charge in [-0.1, -0.05) is 136 Å². The van der Waals surface area contributed by atoms with Crippen LogP contribution in [0.3, 0.4) is 0 Å². The van der Waals surface area contributed by atoms with Crippen LogP contribution in [0.25, 0.3) is 83.5 Å². The van der Waals surface area contributed by atoms with Crippen LogP contribution in [-0.2, 0) is 26.5 Å². The summed E-state index contributed by atoms with van der Waals surface area (Å²) in [4.78, 5) is 19.9. The minimum absolute atomic E-state index is 0. The van der Waals surface area contributed by atoms with Gasteiger partial charge in [-0.2, -0.15) is 0 Å². The molecule has 8 heteroatoms. The SMILES string of the molecule is CC(C)Cc1cc(-c2[c-]ccc(C3CCCCC3)c2)ncc1[Si](C)(C)C.Cc1ccc2ccc3nc(-c4[c-]ccc5c4oc4nc(C)c(C)cc45)n(-c4ccccc4-c4ccccc4)c3c2n1.[Ir]. The van der Waals surface area contributed by atoms with Gasteiger partial charge >= 0.3 is 0 Å². The number of benzene rings is 5. The zero-order valence-corrected chi connectivity index (χ0v) is 43.9. The van der Waals surface area contributed by atoms with E-state index in [9.17, 15) is 0 Å². The van der Waals surface area contributed by atoms with Crippen LogP contribution in [0.1, 0.15) is 79.9 Å². The molecule has 5 heterocycles. The number of para-hydroxylation sites is 1. The molecule has 345 valence electrons. The first-order valence-corrected chi connectivity index (χ1v) is 27.6. The zero-order chi connectivity index (χ0) is 46.4. The third-order valence-electron chi connectivity index (χ3n) is 13.5. The molecule has 0 atom stereocenters. The Balaban J connectivity index is 0.000000186. The normalized spacial score (nSPS) is 13.3. The van der Waals surface area contributed by atoms with Crippen LogP contribution in [0.4, 0.5) is 0 Å². The first-order valence-electron chi connectivity index (χ1n) is 24.1. The molecule has 0 amide bonds. The Morgan fingerprint density at radius 2 is 1.51 bits per heavy atom. The summed E-state index contributed by atoms with van der Waals surface area (Å²) in [5, 5.41) is 4.57. The second-order valence-corrected chi connectivity index (χ2v) is 25.0. The number of pyridine rings is 3.